The van der Waals surface area contributed by atoms with Crippen LogP contribution in [0.4, 0.5) is 8.78 Å². The molecule has 0 radical (unpaired) electrons. The van der Waals surface area contributed by atoms with Gasteiger partial charge in [-0.1, -0.05) is 24.3 Å². The van der Waals surface area contributed by atoms with Crippen molar-refractivity contribution in [3.8, 4) is 0 Å². The molecule has 0 saturated heterocycles. The van der Waals surface area contributed by atoms with Crippen molar-refractivity contribution in [1.29, 1.82) is 0 Å². The largest absolute Gasteiger partial charge is 0.461 e. The number of amides is 2. The Balaban J connectivity index is 1.66. The Morgan fingerprint density at radius 2 is 1.66 bits per heavy atom. The van der Waals surface area contributed by atoms with Crippen LogP contribution in [0.2, 0.25) is 0 Å². The molecular formula is C25H24F2N4O4. The smallest absolute Gasteiger partial charge is 0.358 e. The summed E-state index contributed by atoms with van der Waals surface area (Å²) in [7, 11) is 0. The Labute approximate surface area is 200 Å². The van der Waals surface area contributed by atoms with Gasteiger partial charge in [0.05, 0.1) is 13.2 Å². The van der Waals surface area contributed by atoms with Gasteiger partial charge >= 0.3 is 5.97 Å². The third-order valence-electron chi connectivity index (χ3n) is 5.89. The second-order valence-corrected chi connectivity index (χ2v) is 8.39. The summed E-state index contributed by atoms with van der Waals surface area (Å²) in [6, 6.07) is 12.7. The lowest BCUT2D eigenvalue weighted by molar-refractivity contribution is -0.133. The number of carbonyl (C=O) groups is 3. The maximum atomic E-state index is 13.5. The Hall–Kier alpha value is -4.08. The Morgan fingerprint density at radius 1 is 1.06 bits per heavy atom. The van der Waals surface area contributed by atoms with Crippen molar-refractivity contribution in [3.05, 3.63) is 88.7 Å². The van der Waals surface area contributed by atoms with E-state index in [0.29, 0.717) is 11.1 Å². The molecule has 1 atom stereocenters. The molecule has 182 valence electrons. The van der Waals surface area contributed by atoms with Crippen molar-refractivity contribution in [2.45, 2.75) is 39.0 Å². The van der Waals surface area contributed by atoms with Crippen LogP contribution >= 0.6 is 0 Å². The number of ether oxygens (including phenoxy) is 1. The molecule has 1 aliphatic heterocycles. The number of aromatic nitrogens is 2. The minimum absolute atomic E-state index is 0.0239. The second kappa shape index (κ2) is 9.65. The fourth-order valence-corrected chi connectivity index (χ4v) is 3.94. The summed E-state index contributed by atoms with van der Waals surface area (Å²) in [5.41, 5.74) is 0.0129. The lowest BCUT2D eigenvalue weighted by Gasteiger charge is -2.43. The van der Waals surface area contributed by atoms with Crippen LogP contribution in [0.3, 0.4) is 0 Å². The molecule has 0 spiro atoms. The monoisotopic (exact) mass is 482 g/mol. The molecule has 0 fully saturated rings. The average molecular weight is 482 g/mol. The first-order chi connectivity index (χ1) is 16.7. The van der Waals surface area contributed by atoms with Gasteiger partial charge in [-0.25, -0.2) is 13.6 Å². The number of carbonyl (C=O) groups excluding carboxylic acids is 3. The molecule has 1 aliphatic rings. The number of esters is 1. The van der Waals surface area contributed by atoms with E-state index in [-0.39, 0.29) is 43.4 Å². The molecule has 4 rings (SSSR count). The van der Waals surface area contributed by atoms with E-state index in [1.54, 1.807) is 26.0 Å². The van der Waals surface area contributed by atoms with Crippen molar-refractivity contribution < 1.29 is 27.9 Å². The Bertz CT molecular complexity index is 1260. The van der Waals surface area contributed by atoms with Crippen LogP contribution in [0, 0.1) is 11.6 Å². The number of hydrogen-bond acceptors (Lipinski definition) is 5. The van der Waals surface area contributed by atoms with Gasteiger partial charge in [-0.15, -0.1) is 0 Å². The molecule has 1 aromatic heterocycles. The molecule has 2 aromatic carbocycles. The van der Waals surface area contributed by atoms with Crippen molar-refractivity contribution >= 4 is 17.8 Å². The maximum absolute atomic E-state index is 13.5. The number of halogens is 2. The topological polar surface area (TPSA) is 93.5 Å². The molecule has 2 amide bonds. The van der Waals surface area contributed by atoms with E-state index in [1.165, 1.54) is 52.0 Å². The predicted octanol–water partition coefficient (Wildman–Crippen LogP) is 3.07. The molecule has 35 heavy (non-hydrogen) atoms. The van der Waals surface area contributed by atoms with Crippen LogP contribution in [0.1, 0.15) is 46.0 Å². The number of nitrogens with zero attached hydrogens (tertiary/aromatic N) is 3. The van der Waals surface area contributed by atoms with Crippen LogP contribution in [0.5, 0.6) is 0 Å². The third kappa shape index (κ3) is 4.91. The molecule has 2 heterocycles. The van der Waals surface area contributed by atoms with Gasteiger partial charge in [0.25, 0.3) is 5.91 Å². The summed E-state index contributed by atoms with van der Waals surface area (Å²) in [5.74, 6) is -2.45. The van der Waals surface area contributed by atoms with E-state index in [9.17, 15) is 23.2 Å². The lowest BCUT2D eigenvalue weighted by Crippen LogP contribution is -2.63. The van der Waals surface area contributed by atoms with Crippen molar-refractivity contribution in [1.82, 2.24) is 20.0 Å². The molecule has 0 unspecified atom stereocenters. The van der Waals surface area contributed by atoms with Crippen LogP contribution in [-0.4, -0.2) is 44.6 Å². The lowest BCUT2D eigenvalue weighted by atomic mass is 9.94. The second-order valence-electron chi connectivity index (χ2n) is 8.39. The third-order valence-corrected chi connectivity index (χ3v) is 5.89. The molecule has 0 bridgehead atoms. The van der Waals surface area contributed by atoms with Gasteiger partial charge in [-0.05, 0) is 49.2 Å². The highest BCUT2D eigenvalue weighted by atomic mass is 19.1. The van der Waals surface area contributed by atoms with Crippen LogP contribution in [0.25, 0.3) is 0 Å². The summed E-state index contributed by atoms with van der Waals surface area (Å²) in [5, 5.41) is 7.01. The number of nitrogens with one attached hydrogen (secondary N) is 1. The highest BCUT2D eigenvalue weighted by Gasteiger charge is 2.48. The summed E-state index contributed by atoms with van der Waals surface area (Å²) in [6.45, 7) is 3.53. The minimum atomic E-state index is -1.39. The number of benzene rings is 2. The van der Waals surface area contributed by atoms with Crippen LogP contribution < -0.4 is 5.32 Å². The zero-order valence-corrected chi connectivity index (χ0v) is 19.3. The molecule has 10 heteroatoms. The van der Waals surface area contributed by atoms with E-state index in [4.69, 9.17) is 4.74 Å². The average Bonchev–Trinajstić information content (AvgIpc) is 3.26. The number of rotatable bonds is 7. The first-order valence-corrected chi connectivity index (χ1v) is 11.1. The van der Waals surface area contributed by atoms with Crippen LogP contribution in [0.15, 0.2) is 54.6 Å². The maximum Gasteiger partial charge on any atom is 0.358 e. The number of fused-ring (bicyclic) bond motifs is 1. The van der Waals surface area contributed by atoms with Gasteiger partial charge in [0.1, 0.15) is 22.9 Å². The molecule has 8 nitrogen and oxygen atoms in total. The van der Waals surface area contributed by atoms with E-state index in [0.717, 1.165) is 0 Å². The fourth-order valence-electron chi connectivity index (χ4n) is 3.94. The fraction of sp³-hybridized carbons (Fsp3) is 0.280. The highest BCUT2D eigenvalue weighted by Crippen LogP contribution is 2.30. The van der Waals surface area contributed by atoms with Crippen LogP contribution in [-0.2, 0) is 29.2 Å². The van der Waals surface area contributed by atoms with Gasteiger partial charge in [0.2, 0.25) is 5.91 Å². The first-order valence-electron chi connectivity index (χ1n) is 11.1. The zero-order chi connectivity index (χ0) is 25.2. The molecular weight excluding hydrogens is 458 g/mol. The van der Waals surface area contributed by atoms with E-state index in [1.807, 2.05) is 0 Å². The van der Waals surface area contributed by atoms with Gasteiger partial charge < -0.3 is 15.0 Å². The molecule has 3 aromatic rings. The summed E-state index contributed by atoms with van der Waals surface area (Å²) < 4.78 is 33.0. The van der Waals surface area contributed by atoms with E-state index < -0.39 is 29.1 Å². The van der Waals surface area contributed by atoms with Gasteiger partial charge in [0, 0.05) is 19.2 Å². The minimum Gasteiger partial charge on any atom is -0.461 e. The van der Waals surface area contributed by atoms with Gasteiger partial charge in [0.15, 0.2) is 5.69 Å². The quantitative estimate of drug-likeness (QED) is 0.523. The summed E-state index contributed by atoms with van der Waals surface area (Å²) in [6.07, 6.45) is 0. The normalized spacial score (nSPS) is 17.1. The Kier molecular flexibility index (Phi) is 6.63. The van der Waals surface area contributed by atoms with E-state index >= 15 is 0 Å². The molecule has 0 saturated carbocycles. The van der Waals surface area contributed by atoms with Crippen molar-refractivity contribution in [2.24, 2.45) is 0 Å². The van der Waals surface area contributed by atoms with Gasteiger partial charge in [-0.3, -0.25) is 14.3 Å². The van der Waals surface area contributed by atoms with Crippen molar-refractivity contribution in [3.63, 3.8) is 0 Å². The molecule has 0 aliphatic carbocycles. The van der Waals surface area contributed by atoms with Crippen molar-refractivity contribution in [2.75, 3.05) is 6.61 Å². The number of hydrogen-bond donors (Lipinski definition) is 1. The predicted molar refractivity (Wildman–Crippen MR) is 121 cm³/mol. The standard InChI is InChI=1S/C25H24F2N4O4/c1-3-35-23(33)20-12-21-22(32)30(14-17-6-10-19(27)11-7-17)25(2,15-31(21)29-20)24(34)28-13-16-4-8-18(26)9-5-16/h4-12H,3,13-15H2,1-2H3,(H,28,34)/t25-/m0/s1. The van der Waals surface area contributed by atoms with Gasteiger partial charge in [-0.2, -0.15) is 5.10 Å². The highest BCUT2D eigenvalue weighted by molar-refractivity contribution is 6.01. The molecule has 1 N–H and O–H groups in total. The summed E-state index contributed by atoms with van der Waals surface area (Å²) in [4.78, 5) is 40.5. The summed E-state index contributed by atoms with van der Waals surface area (Å²) >= 11 is 0. The SMILES string of the molecule is CCOC(=O)c1cc2n(n1)C[C@@](C)(C(=O)NCc1ccc(F)cc1)N(Cc1ccc(F)cc1)C2=O. The Morgan fingerprint density at radius 3 is 2.26 bits per heavy atom. The zero-order valence-electron chi connectivity index (χ0n) is 19.3. The van der Waals surface area contributed by atoms with E-state index in [2.05, 4.69) is 10.4 Å². The first kappa shape index (κ1) is 24.1.